The Labute approximate surface area is 180 Å². The number of benzene rings is 3. The minimum atomic E-state index is -3.15. The minimum Gasteiger partial charge on any atom is -0.434 e. The van der Waals surface area contributed by atoms with Crippen molar-refractivity contribution < 1.29 is 23.2 Å². The fourth-order valence-electron chi connectivity index (χ4n) is 3.19. The molecule has 160 valence electrons. The molecule has 4 rings (SSSR count). The van der Waals surface area contributed by atoms with Crippen LogP contribution in [-0.2, 0) is 0 Å². The molecule has 0 spiro atoms. The van der Waals surface area contributed by atoms with Crippen molar-refractivity contribution in [2.24, 2.45) is 0 Å². The van der Waals surface area contributed by atoms with E-state index < -0.39 is 17.3 Å². The first kappa shape index (κ1) is 20.9. The number of imidazole rings is 1. The van der Waals surface area contributed by atoms with Crippen molar-refractivity contribution in [3.8, 4) is 5.75 Å². The summed E-state index contributed by atoms with van der Waals surface area (Å²) in [7, 11) is 0. The summed E-state index contributed by atoms with van der Waals surface area (Å²) < 4.78 is 30.4. The highest BCUT2D eigenvalue weighted by atomic mass is 19.3. The van der Waals surface area contributed by atoms with E-state index in [-0.39, 0.29) is 28.4 Å². The van der Waals surface area contributed by atoms with Gasteiger partial charge in [-0.05, 0) is 24.3 Å². The number of nitro benzene ring substituents is 1. The summed E-state index contributed by atoms with van der Waals surface area (Å²) in [6.45, 7) is -3.15. The molecule has 0 aliphatic rings. The summed E-state index contributed by atoms with van der Waals surface area (Å²) in [6.07, 6.45) is 1.26. The Bertz CT molecular complexity index is 1300. The lowest BCUT2D eigenvalue weighted by Crippen LogP contribution is -2.06. The summed E-state index contributed by atoms with van der Waals surface area (Å²) in [4.78, 5) is 31.4. The topological polar surface area (TPSA) is 98.1 Å². The molecule has 9 heteroatoms. The summed E-state index contributed by atoms with van der Waals surface area (Å²) in [6, 6.07) is 18.6. The highest BCUT2D eigenvalue weighted by molar-refractivity contribution is 6.32. The second-order valence-corrected chi connectivity index (χ2v) is 6.71. The van der Waals surface area contributed by atoms with Crippen molar-refractivity contribution in [3.05, 3.63) is 99.9 Å². The molecule has 0 radical (unpaired) electrons. The fourth-order valence-corrected chi connectivity index (χ4v) is 3.19. The number of carbonyl (C=O) groups excluding carboxylic acids is 1. The normalized spacial score (nSPS) is 11.7. The quantitative estimate of drug-likeness (QED) is 0.179. The Kier molecular flexibility index (Phi) is 5.71. The van der Waals surface area contributed by atoms with E-state index in [0.717, 1.165) is 18.2 Å². The van der Waals surface area contributed by atoms with E-state index in [4.69, 9.17) is 0 Å². The van der Waals surface area contributed by atoms with Crippen LogP contribution in [0, 0.1) is 10.1 Å². The molecule has 0 amide bonds. The van der Waals surface area contributed by atoms with Gasteiger partial charge >= 0.3 is 6.61 Å². The van der Waals surface area contributed by atoms with Crippen molar-refractivity contribution in [2.75, 3.05) is 0 Å². The van der Waals surface area contributed by atoms with Gasteiger partial charge in [0.25, 0.3) is 5.69 Å². The van der Waals surface area contributed by atoms with Crippen LogP contribution in [0.15, 0.2) is 72.8 Å². The van der Waals surface area contributed by atoms with Crippen LogP contribution < -0.4 is 4.74 Å². The molecule has 1 aromatic heterocycles. The Morgan fingerprint density at radius 2 is 1.78 bits per heavy atom. The SMILES string of the molecule is O=C(/C(=C/c1cc([N+](=O)[O-])ccc1OC(F)F)c1nc2ccccc2[nH]1)c1ccccc1. The monoisotopic (exact) mass is 435 g/mol. The lowest BCUT2D eigenvalue weighted by Gasteiger charge is -2.10. The molecule has 1 N–H and O–H groups in total. The zero-order chi connectivity index (χ0) is 22.7. The van der Waals surface area contributed by atoms with Crippen molar-refractivity contribution in [1.82, 2.24) is 9.97 Å². The van der Waals surface area contributed by atoms with E-state index in [1.165, 1.54) is 6.08 Å². The third-order valence-electron chi connectivity index (χ3n) is 4.65. The predicted octanol–water partition coefficient (Wildman–Crippen LogP) is 5.50. The molecule has 0 aliphatic carbocycles. The van der Waals surface area contributed by atoms with Gasteiger partial charge in [0.15, 0.2) is 5.78 Å². The molecular formula is C23H15F2N3O4. The van der Waals surface area contributed by atoms with Crippen molar-refractivity contribution in [3.63, 3.8) is 0 Å². The van der Waals surface area contributed by atoms with Gasteiger partial charge in [-0.3, -0.25) is 14.9 Å². The molecule has 0 unspecified atom stereocenters. The van der Waals surface area contributed by atoms with E-state index in [1.807, 2.05) is 0 Å². The molecule has 0 saturated carbocycles. The Balaban J connectivity index is 1.92. The average molecular weight is 435 g/mol. The van der Waals surface area contributed by atoms with Crippen molar-refractivity contribution >= 4 is 34.2 Å². The number of aromatic amines is 1. The number of halogens is 2. The van der Waals surface area contributed by atoms with Gasteiger partial charge < -0.3 is 9.72 Å². The molecule has 0 saturated heterocycles. The Morgan fingerprint density at radius 1 is 1.06 bits per heavy atom. The standard InChI is InChI=1S/C23H15F2N3O4/c24-23(25)32-20-11-10-16(28(30)31)12-15(20)13-17(21(29)14-6-2-1-3-7-14)22-26-18-8-4-5-9-19(18)27-22/h1-13,23H,(H,26,27)/b17-13-. The van der Waals surface area contributed by atoms with Gasteiger partial charge in [-0.15, -0.1) is 0 Å². The van der Waals surface area contributed by atoms with Crippen LogP contribution in [0.3, 0.4) is 0 Å². The first-order chi connectivity index (χ1) is 15.4. The van der Waals surface area contributed by atoms with Gasteiger partial charge in [-0.1, -0.05) is 42.5 Å². The van der Waals surface area contributed by atoms with Crippen molar-refractivity contribution in [2.45, 2.75) is 6.61 Å². The van der Waals surface area contributed by atoms with E-state index >= 15 is 0 Å². The summed E-state index contributed by atoms with van der Waals surface area (Å²) >= 11 is 0. The average Bonchev–Trinajstić information content (AvgIpc) is 3.22. The molecule has 0 aliphatic heterocycles. The number of nitrogens with one attached hydrogen (secondary N) is 1. The number of hydrogen-bond acceptors (Lipinski definition) is 5. The number of aromatic nitrogens is 2. The summed E-state index contributed by atoms with van der Waals surface area (Å²) in [5, 5.41) is 11.2. The van der Waals surface area contributed by atoms with Crippen LogP contribution in [0.5, 0.6) is 5.75 Å². The number of non-ortho nitro benzene ring substituents is 1. The number of allylic oxidation sites excluding steroid dienone is 1. The highest BCUT2D eigenvalue weighted by Crippen LogP contribution is 2.31. The van der Waals surface area contributed by atoms with Gasteiger partial charge in [0.05, 0.1) is 21.5 Å². The lowest BCUT2D eigenvalue weighted by molar-refractivity contribution is -0.384. The maximum absolute atomic E-state index is 13.3. The molecule has 32 heavy (non-hydrogen) atoms. The first-order valence-electron chi connectivity index (χ1n) is 9.42. The molecule has 1 heterocycles. The maximum atomic E-state index is 13.3. The van der Waals surface area contributed by atoms with Crippen LogP contribution in [0.2, 0.25) is 0 Å². The van der Waals surface area contributed by atoms with Crippen molar-refractivity contribution in [1.29, 1.82) is 0 Å². The number of ketones is 1. The van der Waals surface area contributed by atoms with E-state index in [1.54, 1.807) is 54.6 Å². The van der Waals surface area contributed by atoms with Crippen LogP contribution >= 0.6 is 0 Å². The molecular weight excluding hydrogens is 420 g/mol. The van der Waals surface area contributed by atoms with Crippen LogP contribution in [0.1, 0.15) is 21.7 Å². The molecule has 0 atom stereocenters. The van der Waals surface area contributed by atoms with Gasteiger partial charge in [0, 0.05) is 23.3 Å². The van der Waals surface area contributed by atoms with Gasteiger partial charge in [0.1, 0.15) is 11.6 Å². The number of para-hydroxylation sites is 2. The highest BCUT2D eigenvalue weighted by Gasteiger charge is 2.21. The van der Waals surface area contributed by atoms with Crippen LogP contribution in [-0.4, -0.2) is 27.3 Å². The van der Waals surface area contributed by atoms with Gasteiger partial charge in [-0.2, -0.15) is 8.78 Å². The van der Waals surface area contributed by atoms with Crippen LogP contribution in [0.4, 0.5) is 14.5 Å². The van der Waals surface area contributed by atoms with Gasteiger partial charge in [0.2, 0.25) is 0 Å². The van der Waals surface area contributed by atoms with Gasteiger partial charge in [-0.25, -0.2) is 4.98 Å². The molecule has 4 aromatic rings. The number of H-pyrrole nitrogens is 1. The van der Waals surface area contributed by atoms with Crippen LogP contribution in [0.25, 0.3) is 22.7 Å². The van der Waals surface area contributed by atoms with E-state index in [9.17, 15) is 23.7 Å². The first-order valence-corrected chi connectivity index (χ1v) is 9.42. The zero-order valence-corrected chi connectivity index (χ0v) is 16.4. The van der Waals surface area contributed by atoms with E-state index in [0.29, 0.717) is 16.6 Å². The summed E-state index contributed by atoms with van der Waals surface area (Å²) in [5.41, 5.74) is 1.23. The number of ether oxygens (including phenoxy) is 1. The number of Topliss-reactive ketones (excluding diaryl/α,β-unsaturated/α-hetero) is 1. The third kappa shape index (κ3) is 4.36. The fraction of sp³-hybridized carbons (Fsp3) is 0.0435. The number of hydrogen-bond donors (Lipinski definition) is 1. The summed E-state index contributed by atoms with van der Waals surface area (Å²) in [5.74, 6) is -0.561. The number of carbonyl (C=O) groups is 1. The molecule has 0 fully saturated rings. The van der Waals surface area contributed by atoms with E-state index in [2.05, 4.69) is 14.7 Å². The second kappa shape index (κ2) is 8.76. The lowest BCUT2D eigenvalue weighted by atomic mass is 10.00. The smallest absolute Gasteiger partial charge is 0.387 e. The largest absolute Gasteiger partial charge is 0.434 e. The number of fused-ring (bicyclic) bond motifs is 1. The third-order valence-corrected chi connectivity index (χ3v) is 4.65. The number of rotatable bonds is 7. The Hall–Kier alpha value is -4.40. The maximum Gasteiger partial charge on any atom is 0.387 e. The predicted molar refractivity (Wildman–Crippen MR) is 114 cm³/mol. The Morgan fingerprint density at radius 3 is 2.47 bits per heavy atom. The second-order valence-electron chi connectivity index (χ2n) is 6.71. The molecule has 7 nitrogen and oxygen atoms in total. The number of nitrogens with zero attached hydrogens (tertiary/aromatic N) is 2. The molecule has 0 bridgehead atoms. The minimum absolute atomic E-state index is 0.0343. The number of alkyl halides is 2. The zero-order valence-electron chi connectivity index (χ0n) is 16.4. The molecule has 3 aromatic carbocycles. The number of nitro groups is 1.